The topological polar surface area (TPSA) is 73.3 Å². The molecule has 0 bridgehead atoms. The van der Waals surface area contributed by atoms with Gasteiger partial charge in [0.1, 0.15) is 16.5 Å². The van der Waals surface area contributed by atoms with Crippen molar-refractivity contribution in [2.24, 2.45) is 0 Å². The van der Waals surface area contributed by atoms with Gasteiger partial charge in [0, 0.05) is 17.3 Å². The number of thiazole rings is 1. The van der Waals surface area contributed by atoms with Gasteiger partial charge in [-0.1, -0.05) is 23.2 Å². The van der Waals surface area contributed by atoms with Gasteiger partial charge in [-0.3, -0.25) is 4.79 Å². The molecule has 0 saturated carbocycles. The zero-order valence-electron chi connectivity index (χ0n) is 15.7. The van der Waals surface area contributed by atoms with Gasteiger partial charge in [-0.05, 0) is 37.3 Å². The SMILES string of the molecule is C[C@@H](Oc1ccc(Oc2ncc(C(F)(F)F)cc2Cl)cc1)C(=O)NCc1cnc(Cl)s1. The first-order valence-corrected chi connectivity index (χ1v) is 10.2. The molecule has 1 atom stereocenters. The van der Waals surface area contributed by atoms with Crippen LogP contribution in [0.4, 0.5) is 13.2 Å². The van der Waals surface area contributed by atoms with E-state index in [-0.39, 0.29) is 29.1 Å². The lowest BCUT2D eigenvalue weighted by Crippen LogP contribution is -2.35. The Hall–Kier alpha value is -2.56. The highest BCUT2D eigenvalue weighted by Crippen LogP contribution is 2.34. The molecule has 3 aromatic rings. The lowest BCUT2D eigenvalue weighted by atomic mass is 10.3. The number of rotatable bonds is 7. The Labute approximate surface area is 188 Å². The molecule has 31 heavy (non-hydrogen) atoms. The van der Waals surface area contributed by atoms with Gasteiger partial charge in [-0.25, -0.2) is 9.97 Å². The van der Waals surface area contributed by atoms with Crippen LogP contribution in [0.1, 0.15) is 17.4 Å². The molecule has 0 aliphatic rings. The minimum Gasteiger partial charge on any atom is -0.481 e. The summed E-state index contributed by atoms with van der Waals surface area (Å²) in [5.74, 6) is 0.174. The summed E-state index contributed by atoms with van der Waals surface area (Å²) in [5.41, 5.74) is -0.973. The smallest absolute Gasteiger partial charge is 0.417 e. The molecule has 12 heteroatoms. The molecule has 3 rings (SSSR count). The lowest BCUT2D eigenvalue weighted by molar-refractivity contribution is -0.137. The van der Waals surface area contributed by atoms with E-state index < -0.39 is 17.8 Å². The van der Waals surface area contributed by atoms with Crippen molar-refractivity contribution in [1.82, 2.24) is 15.3 Å². The van der Waals surface area contributed by atoms with Crippen LogP contribution < -0.4 is 14.8 Å². The standard InChI is InChI=1S/C19H14Cl2F3N3O3S/c1-10(16(28)25-8-14-9-27-18(21)31-14)29-12-2-4-13(5-3-12)30-17-15(20)6-11(7-26-17)19(22,23)24/h2-7,9-10H,8H2,1H3,(H,25,28)/t10-/m1/s1. The van der Waals surface area contributed by atoms with Gasteiger partial charge in [-0.2, -0.15) is 13.2 Å². The molecule has 0 fully saturated rings. The molecule has 0 aliphatic carbocycles. The fourth-order valence-electron chi connectivity index (χ4n) is 2.29. The number of carbonyl (C=O) groups excluding carboxylic acids is 1. The summed E-state index contributed by atoms with van der Waals surface area (Å²) in [5, 5.41) is 2.44. The average molecular weight is 492 g/mol. The highest BCUT2D eigenvalue weighted by molar-refractivity contribution is 7.15. The number of alkyl halides is 3. The number of hydrogen-bond donors (Lipinski definition) is 1. The normalized spacial score (nSPS) is 12.3. The minimum absolute atomic E-state index is 0.167. The number of halogens is 5. The highest BCUT2D eigenvalue weighted by atomic mass is 35.5. The third kappa shape index (κ3) is 6.46. The van der Waals surface area contributed by atoms with E-state index in [4.69, 9.17) is 32.7 Å². The fraction of sp³-hybridized carbons (Fsp3) is 0.211. The maximum absolute atomic E-state index is 12.7. The number of aromatic nitrogens is 2. The molecule has 2 heterocycles. The number of benzene rings is 1. The Morgan fingerprint density at radius 3 is 2.42 bits per heavy atom. The summed E-state index contributed by atoms with van der Waals surface area (Å²) in [6, 6.07) is 6.84. The summed E-state index contributed by atoms with van der Waals surface area (Å²) in [6.07, 6.45) is -3.11. The van der Waals surface area contributed by atoms with Gasteiger partial charge in [0.2, 0.25) is 5.88 Å². The third-order valence-electron chi connectivity index (χ3n) is 3.82. The van der Waals surface area contributed by atoms with E-state index >= 15 is 0 Å². The molecule has 0 spiro atoms. The molecule has 0 saturated heterocycles. The van der Waals surface area contributed by atoms with Gasteiger partial charge in [0.05, 0.1) is 12.1 Å². The Bertz CT molecular complexity index is 1060. The summed E-state index contributed by atoms with van der Waals surface area (Å²) in [4.78, 5) is 20.5. The quantitative estimate of drug-likeness (QED) is 0.456. The van der Waals surface area contributed by atoms with Gasteiger partial charge < -0.3 is 14.8 Å². The fourth-order valence-corrected chi connectivity index (χ4v) is 3.42. The summed E-state index contributed by atoms with van der Waals surface area (Å²) < 4.78 is 49.4. The van der Waals surface area contributed by atoms with Crippen LogP contribution in [0.15, 0.2) is 42.7 Å². The Morgan fingerprint density at radius 1 is 1.16 bits per heavy atom. The molecule has 0 unspecified atom stereocenters. The molecule has 1 N–H and O–H groups in total. The van der Waals surface area contributed by atoms with Crippen LogP contribution in [0.2, 0.25) is 9.49 Å². The van der Waals surface area contributed by atoms with Gasteiger partial charge in [0.25, 0.3) is 5.91 Å². The first kappa shape index (κ1) is 23.1. The number of nitrogens with one attached hydrogen (secondary N) is 1. The average Bonchev–Trinajstić information content (AvgIpc) is 3.13. The maximum Gasteiger partial charge on any atom is 0.417 e. The van der Waals surface area contributed by atoms with E-state index in [9.17, 15) is 18.0 Å². The van der Waals surface area contributed by atoms with Crippen molar-refractivity contribution in [2.45, 2.75) is 25.7 Å². The number of ether oxygens (including phenoxy) is 2. The summed E-state index contributed by atoms with van der Waals surface area (Å²) in [6.45, 7) is 1.87. The number of amides is 1. The predicted octanol–water partition coefficient (Wildman–Crippen LogP) is 5.74. The second kappa shape index (κ2) is 9.71. The van der Waals surface area contributed by atoms with Crippen LogP contribution in [0, 0.1) is 0 Å². The number of hydrogen-bond acceptors (Lipinski definition) is 6. The largest absolute Gasteiger partial charge is 0.481 e. The van der Waals surface area contributed by atoms with Crippen LogP contribution in [-0.2, 0) is 17.5 Å². The van der Waals surface area contributed by atoms with Gasteiger partial charge in [0.15, 0.2) is 10.6 Å². The van der Waals surface area contributed by atoms with E-state index in [2.05, 4.69) is 15.3 Å². The van der Waals surface area contributed by atoms with Crippen LogP contribution >= 0.6 is 34.5 Å². The molecule has 2 aromatic heterocycles. The summed E-state index contributed by atoms with van der Waals surface area (Å²) >= 11 is 12.8. The lowest BCUT2D eigenvalue weighted by Gasteiger charge is -2.15. The molecule has 164 valence electrons. The van der Waals surface area contributed by atoms with Crippen molar-refractivity contribution in [1.29, 1.82) is 0 Å². The van der Waals surface area contributed by atoms with Crippen molar-refractivity contribution in [2.75, 3.05) is 0 Å². The molecular weight excluding hydrogens is 478 g/mol. The monoisotopic (exact) mass is 491 g/mol. The first-order valence-electron chi connectivity index (χ1n) is 8.67. The van der Waals surface area contributed by atoms with Crippen LogP contribution in [0.25, 0.3) is 0 Å². The minimum atomic E-state index is -4.55. The second-order valence-electron chi connectivity index (χ2n) is 6.14. The van der Waals surface area contributed by atoms with Crippen molar-refractivity contribution < 1.29 is 27.4 Å². The predicted molar refractivity (Wildman–Crippen MR) is 110 cm³/mol. The van der Waals surface area contributed by atoms with E-state index in [1.54, 1.807) is 25.3 Å². The van der Waals surface area contributed by atoms with Crippen molar-refractivity contribution in [3.8, 4) is 17.4 Å². The van der Waals surface area contributed by atoms with Gasteiger partial charge in [-0.15, -0.1) is 11.3 Å². The molecule has 1 aromatic carbocycles. The Balaban J connectivity index is 1.55. The molecule has 0 radical (unpaired) electrons. The van der Waals surface area contributed by atoms with E-state index in [0.29, 0.717) is 16.4 Å². The Kier molecular flexibility index (Phi) is 7.24. The van der Waals surface area contributed by atoms with Gasteiger partial charge >= 0.3 is 6.18 Å². The van der Waals surface area contributed by atoms with Crippen molar-refractivity contribution >= 4 is 40.4 Å². The Morgan fingerprint density at radius 2 is 1.84 bits per heavy atom. The number of pyridine rings is 1. The zero-order chi connectivity index (χ0) is 22.6. The molecule has 6 nitrogen and oxygen atoms in total. The van der Waals surface area contributed by atoms with Crippen molar-refractivity contribution in [3.63, 3.8) is 0 Å². The molecule has 1 amide bonds. The van der Waals surface area contributed by atoms with Crippen molar-refractivity contribution in [3.05, 3.63) is 62.7 Å². The van der Waals surface area contributed by atoms with E-state index in [0.717, 1.165) is 10.9 Å². The maximum atomic E-state index is 12.7. The number of nitrogens with zero attached hydrogens (tertiary/aromatic N) is 2. The molecular formula is C19H14Cl2F3N3O3S. The van der Waals surface area contributed by atoms with Crippen LogP contribution in [-0.4, -0.2) is 22.0 Å². The van der Waals surface area contributed by atoms with Crippen LogP contribution in [0.5, 0.6) is 17.4 Å². The van der Waals surface area contributed by atoms with E-state index in [1.807, 2.05) is 0 Å². The second-order valence-corrected chi connectivity index (χ2v) is 8.24. The summed E-state index contributed by atoms with van der Waals surface area (Å²) in [7, 11) is 0. The first-order chi connectivity index (χ1) is 14.6. The zero-order valence-corrected chi connectivity index (χ0v) is 18.1. The molecule has 0 aliphatic heterocycles. The van der Waals surface area contributed by atoms with E-state index in [1.165, 1.54) is 23.5 Å². The highest BCUT2D eigenvalue weighted by Gasteiger charge is 2.31. The number of carbonyl (C=O) groups is 1. The van der Waals surface area contributed by atoms with Crippen LogP contribution in [0.3, 0.4) is 0 Å². The third-order valence-corrected chi connectivity index (χ3v) is 5.20.